The lowest BCUT2D eigenvalue weighted by Crippen LogP contribution is -2.39. The maximum Gasteiger partial charge on any atom is 0.256 e. The number of carbonyl (C=O) groups is 1. The Kier molecular flexibility index (Phi) is 3.67. The summed E-state index contributed by atoms with van der Waals surface area (Å²) in [6.45, 7) is 5.69. The highest BCUT2D eigenvalue weighted by Crippen LogP contribution is 2.21. The summed E-state index contributed by atoms with van der Waals surface area (Å²) in [6, 6.07) is 1.74. The van der Waals surface area contributed by atoms with E-state index >= 15 is 0 Å². The van der Waals surface area contributed by atoms with Gasteiger partial charge in [0, 0.05) is 25.0 Å². The first-order valence-electron chi connectivity index (χ1n) is 5.99. The van der Waals surface area contributed by atoms with E-state index in [2.05, 4.69) is 11.9 Å². The highest BCUT2D eigenvalue weighted by molar-refractivity contribution is 6.33. The Hall–Kier alpha value is -1.09. The van der Waals surface area contributed by atoms with Gasteiger partial charge in [-0.3, -0.25) is 9.78 Å². The molecule has 2 rings (SSSR count). The van der Waals surface area contributed by atoms with Gasteiger partial charge in [0.2, 0.25) is 0 Å². The van der Waals surface area contributed by atoms with Crippen molar-refractivity contribution in [2.24, 2.45) is 5.92 Å². The Morgan fingerprint density at radius 3 is 3.00 bits per heavy atom. The molecular formula is C13H17ClN2O. The molecule has 1 aromatic heterocycles. The molecule has 0 N–H and O–H groups in total. The standard InChI is InChI=1S/C13H17ClN2O/c1-9-4-3-5-16(8-9)13(17)11-7-15-10(2)6-12(11)14/h6-7,9H,3-5,8H2,1-2H3. The zero-order valence-corrected chi connectivity index (χ0v) is 11.0. The smallest absolute Gasteiger partial charge is 0.256 e. The normalized spacial score (nSPS) is 20.4. The van der Waals surface area contributed by atoms with Gasteiger partial charge in [0.15, 0.2) is 0 Å². The van der Waals surface area contributed by atoms with Gasteiger partial charge in [0.25, 0.3) is 5.91 Å². The molecule has 1 saturated heterocycles. The molecule has 1 aliphatic heterocycles. The number of hydrogen-bond donors (Lipinski definition) is 0. The monoisotopic (exact) mass is 252 g/mol. The van der Waals surface area contributed by atoms with Crippen LogP contribution in [0.5, 0.6) is 0 Å². The molecule has 17 heavy (non-hydrogen) atoms. The summed E-state index contributed by atoms with van der Waals surface area (Å²) < 4.78 is 0. The lowest BCUT2D eigenvalue weighted by Gasteiger charge is -2.31. The van der Waals surface area contributed by atoms with Crippen LogP contribution in [0.3, 0.4) is 0 Å². The van der Waals surface area contributed by atoms with E-state index in [0.717, 1.165) is 25.2 Å². The predicted molar refractivity (Wildman–Crippen MR) is 68.3 cm³/mol. The van der Waals surface area contributed by atoms with E-state index < -0.39 is 0 Å². The van der Waals surface area contributed by atoms with E-state index in [9.17, 15) is 4.79 Å². The van der Waals surface area contributed by atoms with Crippen LogP contribution in [0, 0.1) is 12.8 Å². The minimum Gasteiger partial charge on any atom is -0.338 e. The SMILES string of the molecule is Cc1cc(Cl)c(C(=O)N2CCCC(C)C2)cn1. The minimum absolute atomic E-state index is 0.00838. The van der Waals surface area contributed by atoms with Crippen molar-refractivity contribution in [2.75, 3.05) is 13.1 Å². The molecule has 1 aromatic rings. The molecule has 1 unspecified atom stereocenters. The molecule has 1 amide bonds. The lowest BCUT2D eigenvalue weighted by molar-refractivity contribution is 0.0683. The number of aromatic nitrogens is 1. The van der Waals surface area contributed by atoms with Gasteiger partial charge in [0.1, 0.15) is 0 Å². The van der Waals surface area contributed by atoms with Crippen LogP contribution >= 0.6 is 11.6 Å². The first kappa shape index (κ1) is 12.4. The summed E-state index contributed by atoms with van der Waals surface area (Å²) in [6.07, 6.45) is 3.85. The zero-order chi connectivity index (χ0) is 12.4. The van der Waals surface area contributed by atoms with Gasteiger partial charge >= 0.3 is 0 Å². The van der Waals surface area contributed by atoms with Crippen molar-refractivity contribution in [1.29, 1.82) is 0 Å². The van der Waals surface area contributed by atoms with Gasteiger partial charge in [-0.15, -0.1) is 0 Å². The number of halogens is 1. The van der Waals surface area contributed by atoms with Gasteiger partial charge in [0.05, 0.1) is 10.6 Å². The van der Waals surface area contributed by atoms with E-state index in [4.69, 9.17) is 11.6 Å². The zero-order valence-electron chi connectivity index (χ0n) is 10.2. The van der Waals surface area contributed by atoms with E-state index in [1.807, 2.05) is 11.8 Å². The number of piperidine rings is 1. The molecule has 0 saturated carbocycles. The predicted octanol–water partition coefficient (Wildman–Crippen LogP) is 2.92. The summed E-state index contributed by atoms with van der Waals surface area (Å²) in [4.78, 5) is 18.3. The van der Waals surface area contributed by atoms with Crippen LogP contribution in [0.4, 0.5) is 0 Å². The molecule has 4 heteroatoms. The van der Waals surface area contributed by atoms with Gasteiger partial charge in [-0.1, -0.05) is 18.5 Å². The summed E-state index contributed by atoms with van der Waals surface area (Å²) in [5.41, 5.74) is 1.35. The van der Waals surface area contributed by atoms with Crippen molar-refractivity contribution in [1.82, 2.24) is 9.88 Å². The molecule has 0 spiro atoms. The van der Waals surface area contributed by atoms with Gasteiger partial charge < -0.3 is 4.90 Å². The van der Waals surface area contributed by atoms with Crippen LogP contribution in [0.25, 0.3) is 0 Å². The maximum atomic E-state index is 12.3. The van der Waals surface area contributed by atoms with Crippen molar-refractivity contribution in [3.05, 3.63) is 28.5 Å². The largest absolute Gasteiger partial charge is 0.338 e. The fourth-order valence-electron chi connectivity index (χ4n) is 2.23. The molecule has 3 nitrogen and oxygen atoms in total. The lowest BCUT2D eigenvalue weighted by atomic mass is 10.00. The number of pyridine rings is 1. The minimum atomic E-state index is 0.00838. The van der Waals surface area contributed by atoms with Crippen molar-refractivity contribution in [3.8, 4) is 0 Å². The second-order valence-corrected chi connectivity index (χ2v) is 5.21. The molecule has 0 bridgehead atoms. The van der Waals surface area contributed by atoms with Gasteiger partial charge in [-0.25, -0.2) is 0 Å². The Labute approximate surface area is 107 Å². The van der Waals surface area contributed by atoms with Gasteiger partial charge in [-0.05, 0) is 31.7 Å². The second-order valence-electron chi connectivity index (χ2n) is 4.80. The quantitative estimate of drug-likeness (QED) is 0.770. The van der Waals surface area contributed by atoms with Crippen LogP contribution < -0.4 is 0 Å². The molecule has 0 aliphatic carbocycles. The van der Waals surface area contributed by atoms with Crippen LogP contribution in [0.15, 0.2) is 12.3 Å². The van der Waals surface area contributed by atoms with E-state index in [-0.39, 0.29) is 5.91 Å². The van der Waals surface area contributed by atoms with Crippen LogP contribution in [0.2, 0.25) is 5.02 Å². The summed E-state index contributed by atoms with van der Waals surface area (Å²) in [7, 11) is 0. The molecular weight excluding hydrogens is 236 g/mol. The average molecular weight is 253 g/mol. The Bertz CT molecular complexity index is 433. The van der Waals surface area contributed by atoms with Crippen LogP contribution in [0.1, 0.15) is 35.8 Å². The number of likely N-dealkylation sites (tertiary alicyclic amines) is 1. The summed E-state index contributed by atoms with van der Waals surface area (Å²) >= 11 is 6.09. The second kappa shape index (κ2) is 5.05. The molecule has 1 fully saturated rings. The average Bonchev–Trinajstić information content (AvgIpc) is 2.28. The molecule has 92 valence electrons. The van der Waals surface area contributed by atoms with Crippen molar-refractivity contribution < 1.29 is 4.79 Å². The number of aryl methyl sites for hydroxylation is 1. The Balaban J connectivity index is 2.18. The number of rotatable bonds is 1. The maximum absolute atomic E-state index is 12.3. The van der Waals surface area contributed by atoms with Crippen LogP contribution in [-0.2, 0) is 0 Å². The fourth-order valence-corrected chi connectivity index (χ4v) is 2.52. The molecule has 0 radical (unpaired) electrons. The molecule has 1 aliphatic rings. The van der Waals surface area contributed by atoms with Crippen molar-refractivity contribution in [2.45, 2.75) is 26.7 Å². The first-order valence-corrected chi connectivity index (χ1v) is 6.37. The van der Waals surface area contributed by atoms with E-state index in [0.29, 0.717) is 16.5 Å². The van der Waals surface area contributed by atoms with E-state index in [1.165, 1.54) is 6.42 Å². The third-order valence-electron chi connectivity index (χ3n) is 3.16. The van der Waals surface area contributed by atoms with Crippen molar-refractivity contribution >= 4 is 17.5 Å². The number of hydrogen-bond acceptors (Lipinski definition) is 2. The van der Waals surface area contributed by atoms with E-state index in [1.54, 1.807) is 12.3 Å². The number of carbonyl (C=O) groups excluding carboxylic acids is 1. The number of amides is 1. The Morgan fingerprint density at radius 2 is 2.35 bits per heavy atom. The topological polar surface area (TPSA) is 33.2 Å². The molecule has 1 atom stereocenters. The highest BCUT2D eigenvalue weighted by Gasteiger charge is 2.23. The fraction of sp³-hybridized carbons (Fsp3) is 0.538. The Morgan fingerprint density at radius 1 is 1.59 bits per heavy atom. The molecule has 2 heterocycles. The molecule has 0 aromatic carbocycles. The summed E-state index contributed by atoms with van der Waals surface area (Å²) in [5, 5.41) is 0.501. The third-order valence-corrected chi connectivity index (χ3v) is 3.48. The third kappa shape index (κ3) is 2.78. The first-order chi connectivity index (χ1) is 8.08. The number of nitrogens with zero attached hydrogens (tertiary/aromatic N) is 2. The van der Waals surface area contributed by atoms with Crippen molar-refractivity contribution in [3.63, 3.8) is 0 Å². The van der Waals surface area contributed by atoms with Crippen LogP contribution in [-0.4, -0.2) is 28.9 Å². The van der Waals surface area contributed by atoms with Gasteiger partial charge in [-0.2, -0.15) is 0 Å². The summed E-state index contributed by atoms with van der Waals surface area (Å²) in [5.74, 6) is 0.582. The highest BCUT2D eigenvalue weighted by atomic mass is 35.5.